The lowest BCUT2D eigenvalue weighted by molar-refractivity contribution is 0.439. The molecule has 1 aromatic rings. The SMILES string of the molecule is C#CCN(CCC)S(=O)(=O)c1cc(Cl)cc(CNC)c1F. The first-order chi connectivity index (χ1) is 9.88. The fourth-order valence-corrected chi connectivity index (χ4v) is 3.78. The molecule has 0 aliphatic rings. The molecule has 0 saturated carbocycles. The van der Waals surface area contributed by atoms with Crippen molar-refractivity contribution in [2.45, 2.75) is 24.8 Å². The third-order valence-corrected chi connectivity index (χ3v) is 4.87. The van der Waals surface area contributed by atoms with Gasteiger partial charge in [-0.2, -0.15) is 4.31 Å². The first kappa shape index (κ1) is 17.9. The zero-order valence-corrected chi connectivity index (χ0v) is 13.6. The molecule has 0 aromatic heterocycles. The van der Waals surface area contributed by atoms with Gasteiger partial charge in [0.2, 0.25) is 10.0 Å². The van der Waals surface area contributed by atoms with Crippen LogP contribution in [0.2, 0.25) is 5.02 Å². The lowest BCUT2D eigenvalue weighted by Gasteiger charge is -2.20. The average molecular weight is 333 g/mol. The molecule has 0 heterocycles. The van der Waals surface area contributed by atoms with Crippen LogP contribution in [0.25, 0.3) is 0 Å². The second-order valence-corrected chi connectivity index (χ2v) is 6.79. The van der Waals surface area contributed by atoms with E-state index in [1.165, 1.54) is 6.07 Å². The van der Waals surface area contributed by atoms with E-state index in [1.54, 1.807) is 7.05 Å². The molecule has 0 fully saturated rings. The number of benzene rings is 1. The van der Waals surface area contributed by atoms with Crippen LogP contribution in [0.15, 0.2) is 17.0 Å². The van der Waals surface area contributed by atoms with E-state index >= 15 is 0 Å². The molecule has 0 unspecified atom stereocenters. The van der Waals surface area contributed by atoms with Gasteiger partial charge in [0, 0.05) is 23.7 Å². The van der Waals surface area contributed by atoms with Gasteiger partial charge in [0.1, 0.15) is 10.7 Å². The van der Waals surface area contributed by atoms with E-state index in [2.05, 4.69) is 11.2 Å². The Morgan fingerprint density at radius 3 is 2.67 bits per heavy atom. The number of hydrogen-bond donors (Lipinski definition) is 1. The van der Waals surface area contributed by atoms with Gasteiger partial charge >= 0.3 is 0 Å². The minimum absolute atomic E-state index is 0.108. The van der Waals surface area contributed by atoms with Gasteiger partial charge in [-0.05, 0) is 25.6 Å². The third kappa shape index (κ3) is 4.17. The Morgan fingerprint density at radius 1 is 1.48 bits per heavy atom. The highest BCUT2D eigenvalue weighted by Crippen LogP contribution is 2.26. The predicted octanol–water partition coefficient (Wildman–Crippen LogP) is 2.23. The van der Waals surface area contributed by atoms with Crippen molar-refractivity contribution in [2.24, 2.45) is 0 Å². The van der Waals surface area contributed by atoms with Gasteiger partial charge in [0.05, 0.1) is 6.54 Å². The molecular formula is C14H18ClFN2O2S. The van der Waals surface area contributed by atoms with Crippen molar-refractivity contribution in [1.82, 2.24) is 9.62 Å². The van der Waals surface area contributed by atoms with E-state index in [0.717, 1.165) is 10.4 Å². The van der Waals surface area contributed by atoms with Crippen molar-refractivity contribution in [1.29, 1.82) is 0 Å². The quantitative estimate of drug-likeness (QED) is 0.779. The molecule has 116 valence electrons. The Labute approximate surface area is 130 Å². The summed E-state index contributed by atoms with van der Waals surface area (Å²) in [7, 11) is -2.38. The maximum Gasteiger partial charge on any atom is 0.246 e. The van der Waals surface area contributed by atoms with E-state index in [1.807, 2.05) is 6.92 Å². The molecule has 0 aliphatic heterocycles. The van der Waals surface area contributed by atoms with Crippen LogP contribution in [0.1, 0.15) is 18.9 Å². The molecule has 0 spiro atoms. The van der Waals surface area contributed by atoms with Crippen LogP contribution in [0.5, 0.6) is 0 Å². The van der Waals surface area contributed by atoms with Gasteiger partial charge in [0.15, 0.2) is 0 Å². The van der Waals surface area contributed by atoms with Gasteiger partial charge in [-0.25, -0.2) is 12.8 Å². The Balaban J connectivity index is 3.39. The highest BCUT2D eigenvalue weighted by Gasteiger charge is 2.28. The molecule has 0 amide bonds. The smallest absolute Gasteiger partial charge is 0.246 e. The van der Waals surface area contributed by atoms with E-state index in [-0.39, 0.29) is 30.2 Å². The molecular weight excluding hydrogens is 315 g/mol. The molecule has 0 bridgehead atoms. The number of nitrogens with zero attached hydrogens (tertiary/aromatic N) is 1. The molecule has 7 heteroatoms. The Hall–Kier alpha value is -1.13. The maximum atomic E-state index is 14.4. The standard InChI is InChI=1S/C14H18ClFN2O2S/c1-4-6-18(7-5-2)21(19,20)13-9-12(15)8-11(10-17-3)14(13)16/h1,8-9,17H,5-7,10H2,2-3H3. The van der Waals surface area contributed by atoms with Crippen molar-refractivity contribution in [3.63, 3.8) is 0 Å². The number of rotatable bonds is 7. The van der Waals surface area contributed by atoms with Crippen molar-refractivity contribution in [3.8, 4) is 12.3 Å². The minimum atomic E-state index is -4.02. The highest BCUT2D eigenvalue weighted by molar-refractivity contribution is 7.89. The van der Waals surface area contributed by atoms with Crippen LogP contribution >= 0.6 is 11.6 Å². The molecule has 0 radical (unpaired) electrons. The van der Waals surface area contributed by atoms with Gasteiger partial charge in [0.25, 0.3) is 0 Å². The minimum Gasteiger partial charge on any atom is -0.316 e. The average Bonchev–Trinajstić information content (AvgIpc) is 2.42. The van der Waals surface area contributed by atoms with Crippen molar-refractivity contribution >= 4 is 21.6 Å². The molecule has 0 saturated heterocycles. The van der Waals surface area contributed by atoms with Crippen LogP contribution < -0.4 is 5.32 Å². The van der Waals surface area contributed by atoms with Gasteiger partial charge < -0.3 is 5.32 Å². The lowest BCUT2D eigenvalue weighted by Crippen LogP contribution is -2.33. The number of sulfonamides is 1. The monoisotopic (exact) mass is 332 g/mol. The second kappa shape index (κ2) is 7.76. The summed E-state index contributed by atoms with van der Waals surface area (Å²) in [5.74, 6) is 1.48. The van der Waals surface area contributed by atoms with Crippen LogP contribution in [0, 0.1) is 18.2 Å². The van der Waals surface area contributed by atoms with Crippen LogP contribution in [0.3, 0.4) is 0 Å². The summed E-state index contributed by atoms with van der Waals surface area (Å²) in [5.41, 5.74) is 0.195. The number of hydrogen-bond acceptors (Lipinski definition) is 3. The first-order valence-electron chi connectivity index (χ1n) is 6.44. The number of halogens is 2. The summed E-state index contributed by atoms with van der Waals surface area (Å²) in [5, 5.41) is 2.94. The molecule has 4 nitrogen and oxygen atoms in total. The largest absolute Gasteiger partial charge is 0.316 e. The summed E-state index contributed by atoms with van der Waals surface area (Å²) in [6.07, 6.45) is 5.77. The maximum absolute atomic E-state index is 14.4. The topological polar surface area (TPSA) is 49.4 Å². The van der Waals surface area contributed by atoms with E-state index in [4.69, 9.17) is 18.0 Å². The summed E-state index contributed by atoms with van der Waals surface area (Å²) >= 11 is 5.90. The molecule has 1 N–H and O–H groups in total. The summed E-state index contributed by atoms with van der Waals surface area (Å²) < 4.78 is 40.6. The van der Waals surface area contributed by atoms with Crippen molar-refractivity contribution < 1.29 is 12.8 Å². The summed E-state index contributed by atoms with van der Waals surface area (Å²) in [4.78, 5) is -0.441. The van der Waals surface area contributed by atoms with Gasteiger partial charge in [-0.3, -0.25) is 0 Å². The van der Waals surface area contributed by atoms with Crippen LogP contribution in [-0.2, 0) is 16.6 Å². The lowest BCUT2D eigenvalue weighted by atomic mass is 10.2. The number of terminal acetylenes is 1. The van der Waals surface area contributed by atoms with Crippen molar-refractivity contribution in [2.75, 3.05) is 20.1 Å². The van der Waals surface area contributed by atoms with Gasteiger partial charge in [-0.15, -0.1) is 6.42 Å². The first-order valence-corrected chi connectivity index (χ1v) is 8.26. The van der Waals surface area contributed by atoms with E-state index < -0.39 is 20.7 Å². The predicted molar refractivity (Wildman–Crippen MR) is 82.1 cm³/mol. The second-order valence-electron chi connectivity index (χ2n) is 4.45. The van der Waals surface area contributed by atoms with Gasteiger partial charge in [-0.1, -0.05) is 24.4 Å². The van der Waals surface area contributed by atoms with E-state index in [9.17, 15) is 12.8 Å². The van der Waals surface area contributed by atoms with Crippen LogP contribution in [-0.4, -0.2) is 32.9 Å². The third-order valence-electron chi connectivity index (χ3n) is 2.81. The van der Waals surface area contributed by atoms with Crippen molar-refractivity contribution in [3.05, 3.63) is 28.5 Å². The molecule has 0 aliphatic carbocycles. The van der Waals surface area contributed by atoms with Crippen LogP contribution in [0.4, 0.5) is 4.39 Å². The summed E-state index contributed by atoms with van der Waals surface area (Å²) in [6, 6.07) is 2.52. The zero-order valence-electron chi connectivity index (χ0n) is 12.0. The zero-order chi connectivity index (χ0) is 16.0. The molecule has 21 heavy (non-hydrogen) atoms. The summed E-state index contributed by atoms with van der Waals surface area (Å²) in [6.45, 7) is 2.11. The fraction of sp³-hybridized carbons (Fsp3) is 0.429. The Morgan fingerprint density at radius 2 is 2.14 bits per heavy atom. The molecule has 0 atom stereocenters. The number of nitrogens with one attached hydrogen (secondary N) is 1. The normalized spacial score (nSPS) is 11.6. The fourth-order valence-electron chi connectivity index (χ4n) is 1.90. The molecule has 1 rings (SSSR count). The molecule has 1 aromatic carbocycles. The Kier molecular flexibility index (Phi) is 6.62. The highest BCUT2D eigenvalue weighted by atomic mass is 35.5. The van der Waals surface area contributed by atoms with E-state index in [0.29, 0.717) is 6.42 Å². The Bertz CT molecular complexity index is 641.